The fraction of sp³-hybridized carbons (Fsp3) is 0.812. The first kappa shape index (κ1) is 17.7. The van der Waals surface area contributed by atoms with Gasteiger partial charge < -0.3 is 14.8 Å². The lowest BCUT2D eigenvalue weighted by atomic mass is 9.97. The summed E-state index contributed by atoms with van der Waals surface area (Å²) in [5.41, 5.74) is 0. The van der Waals surface area contributed by atoms with Gasteiger partial charge in [-0.1, -0.05) is 39.5 Å². The highest BCUT2D eigenvalue weighted by atomic mass is 16.4. The molecule has 7 heteroatoms. The molecular formula is C16H27N3O4. The molecule has 2 rings (SSSR count). The molecule has 1 aliphatic carbocycles. The summed E-state index contributed by atoms with van der Waals surface area (Å²) in [5.74, 6) is 0.0557. The molecule has 130 valence electrons. The number of hydrogen-bond donors (Lipinski definition) is 3. The van der Waals surface area contributed by atoms with Crippen molar-refractivity contribution < 1.29 is 14.3 Å². The molecule has 7 nitrogen and oxygen atoms in total. The van der Waals surface area contributed by atoms with Crippen LogP contribution in [-0.2, 0) is 4.79 Å². The van der Waals surface area contributed by atoms with Gasteiger partial charge in [0.15, 0.2) is 6.10 Å². The van der Waals surface area contributed by atoms with Gasteiger partial charge in [-0.2, -0.15) is 0 Å². The summed E-state index contributed by atoms with van der Waals surface area (Å²) in [6.07, 6.45) is 5.76. The Morgan fingerprint density at radius 2 is 2.13 bits per heavy atom. The predicted molar refractivity (Wildman–Crippen MR) is 84.7 cm³/mol. The van der Waals surface area contributed by atoms with E-state index in [4.69, 9.17) is 4.42 Å². The van der Waals surface area contributed by atoms with E-state index in [1.54, 1.807) is 0 Å². The van der Waals surface area contributed by atoms with Gasteiger partial charge in [0.25, 0.3) is 0 Å². The molecule has 0 aliphatic heterocycles. The third kappa shape index (κ3) is 5.49. The van der Waals surface area contributed by atoms with Crippen molar-refractivity contribution in [3.05, 3.63) is 16.4 Å². The van der Waals surface area contributed by atoms with Gasteiger partial charge in [0.05, 0.1) is 6.04 Å². The van der Waals surface area contributed by atoms with Crippen molar-refractivity contribution in [2.45, 2.75) is 70.9 Å². The maximum atomic E-state index is 12.2. The number of aromatic nitrogens is 2. The fourth-order valence-electron chi connectivity index (χ4n) is 3.23. The number of hydrogen-bond acceptors (Lipinski definition) is 5. The van der Waals surface area contributed by atoms with Gasteiger partial charge in [0.1, 0.15) is 0 Å². The summed E-state index contributed by atoms with van der Waals surface area (Å²) in [5, 5.41) is 19.0. The van der Waals surface area contributed by atoms with Crippen LogP contribution < -0.4 is 11.1 Å². The Hall–Kier alpha value is -1.63. The molecule has 1 aliphatic rings. The zero-order valence-electron chi connectivity index (χ0n) is 13.9. The number of aliphatic hydroxyl groups is 1. The monoisotopic (exact) mass is 325 g/mol. The molecule has 23 heavy (non-hydrogen) atoms. The van der Waals surface area contributed by atoms with E-state index in [2.05, 4.69) is 15.5 Å². The van der Waals surface area contributed by atoms with Crippen molar-refractivity contribution in [2.24, 2.45) is 11.8 Å². The van der Waals surface area contributed by atoms with Crippen molar-refractivity contribution in [2.75, 3.05) is 0 Å². The van der Waals surface area contributed by atoms with Crippen molar-refractivity contribution in [3.8, 4) is 0 Å². The zero-order valence-corrected chi connectivity index (χ0v) is 13.9. The predicted octanol–water partition coefficient (Wildman–Crippen LogP) is 1.90. The second kappa shape index (κ2) is 8.29. The molecule has 0 spiro atoms. The molecule has 1 saturated carbocycles. The van der Waals surface area contributed by atoms with Crippen molar-refractivity contribution in [1.29, 1.82) is 0 Å². The van der Waals surface area contributed by atoms with Gasteiger partial charge in [-0.3, -0.25) is 4.79 Å². The number of aromatic amines is 1. The summed E-state index contributed by atoms with van der Waals surface area (Å²) >= 11 is 0. The van der Waals surface area contributed by atoms with E-state index in [1.807, 2.05) is 13.8 Å². The van der Waals surface area contributed by atoms with E-state index in [1.165, 1.54) is 25.7 Å². The molecule has 1 fully saturated rings. The fourth-order valence-corrected chi connectivity index (χ4v) is 3.23. The Morgan fingerprint density at radius 1 is 1.43 bits per heavy atom. The highest BCUT2D eigenvalue weighted by molar-refractivity contribution is 5.76. The molecule has 2 unspecified atom stereocenters. The van der Waals surface area contributed by atoms with E-state index < -0.39 is 17.9 Å². The standard InChI is InChI=1S/C16H27N3O4/c1-10(2)9-12(14(21)15-18-19-16(22)23-15)17-13(20)8-7-11-5-3-4-6-11/h10-12,14,21H,3-9H2,1-2H3,(H,17,20)(H,19,22). The summed E-state index contributed by atoms with van der Waals surface area (Å²) in [6, 6.07) is -0.516. The molecule has 2 atom stereocenters. The van der Waals surface area contributed by atoms with Crippen LogP contribution in [0, 0.1) is 11.8 Å². The molecule has 1 heterocycles. The van der Waals surface area contributed by atoms with Crippen LogP contribution in [0.25, 0.3) is 0 Å². The van der Waals surface area contributed by atoms with Crippen molar-refractivity contribution in [3.63, 3.8) is 0 Å². The van der Waals surface area contributed by atoms with Gasteiger partial charge in [-0.05, 0) is 24.7 Å². The number of rotatable bonds is 8. The van der Waals surface area contributed by atoms with Crippen LogP contribution in [0.15, 0.2) is 9.21 Å². The number of carbonyl (C=O) groups excluding carboxylic acids is 1. The lowest BCUT2D eigenvalue weighted by molar-refractivity contribution is -0.123. The number of nitrogens with zero attached hydrogens (tertiary/aromatic N) is 1. The van der Waals surface area contributed by atoms with Crippen LogP contribution >= 0.6 is 0 Å². The minimum atomic E-state index is -1.13. The second-order valence-electron chi connectivity index (χ2n) is 6.89. The Bertz CT molecular complexity index is 546. The van der Waals surface area contributed by atoms with Crippen molar-refractivity contribution in [1.82, 2.24) is 15.5 Å². The Morgan fingerprint density at radius 3 is 2.70 bits per heavy atom. The molecule has 1 aromatic rings. The van der Waals surface area contributed by atoms with Gasteiger partial charge in [-0.25, -0.2) is 9.89 Å². The molecule has 0 bridgehead atoms. The van der Waals surface area contributed by atoms with Crippen LogP contribution in [0.5, 0.6) is 0 Å². The summed E-state index contributed by atoms with van der Waals surface area (Å²) in [7, 11) is 0. The van der Waals surface area contributed by atoms with E-state index in [9.17, 15) is 14.7 Å². The van der Waals surface area contributed by atoms with Gasteiger partial charge in [0, 0.05) is 6.42 Å². The van der Waals surface area contributed by atoms with Crippen LogP contribution in [0.3, 0.4) is 0 Å². The Kier molecular flexibility index (Phi) is 6.38. The average Bonchev–Trinajstić information content (AvgIpc) is 3.14. The van der Waals surface area contributed by atoms with Crippen molar-refractivity contribution >= 4 is 5.91 Å². The normalized spacial score (nSPS) is 18.3. The number of aliphatic hydroxyl groups excluding tert-OH is 1. The number of nitrogens with one attached hydrogen (secondary N) is 2. The third-order valence-corrected chi connectivity index (χ3v) is 4.41. The number of H-pyrrole nitrogens is 1. The summed E-state index contributed by atoms with van der Waals surface area (Å²) in [4.78, 5) is 23.2. The topological polar surface area (TPSA) is 108 Å². The van der Waals surface area contributed by atoms with E-state index in [0.29, 0.717) is 18.8 Å². The molecule has 0 radical (unpaired) electrons. The number of amides is 1. The number of carbonyl (C=O) groups is 1. The van der Waals surface area contributed by atoms with Gasteiger partial charge in [0.2, 0.25) is 11.8 Å². The minimum absolute atomic E-state index is 0.0699. The molecule has 0 aromatic carbocycles. The highest BCUT2D eigenvalue weighted by Crippen LogP contribution is 2.28. The minimum Gasteiger partial charge on any atom is -0.390 e. The smallest absolute Gasteiger partial charge is 0.390 e. The first-order chi connectivity index (χ1) is 11.0. The van der Waals surface area contributed by atoms with Crippen LogP contribution in [0.1, 0.15) is 70.8 Å². The van der Waals surface area contributed by atoms with Crippen LogP contribution in [0.2, 0.25) is 0 Å². The van der Waals surface area contributed by atoms with Crippen LogP contribution in [0.4, 0.5) is 0 Å². The average molecular weight is 325 g/mol. The summed E-state index contributed by atoms with van der Waals surface area (Å²) < 4.78 is 4.81. The SMILES string of the molecule is CC(C)CC(NC(=O)CCC1CCCC1)C(O)c1n[nH]c(=O)o1. The zero-order chi connectivity index (χ0) is 16.8. The lowest BCUT2D eigenvalue weighted by Crippen LogP contribution is -2.40. The van der Waals surface area contributed by atoms with Crippen LogP contribution in [-0.4, -0.2) is 27.3 Å². The van der Waals surface area contributed by atoms with Gasteiger partial charge in [-0.15, -0.1) is 5.10 Å². The van der Waals surface area contributed by atoms with E-state index >= 15 is 0 Å². The molecule has 0 saturated heterocycles. The first-order valence-corrected chi connectivity index (χ1v) is 8.48. The largest absolute Gasteiger partial charge is 0.434 e. The lowest BCUT2D eigenvalue weighted by Gasteiger charge is -2.24. The third-order valence-electron chi connectivity index (χ3n) is 4.41. The Labute approximate surface area is 135 Å². The second-order valence-corrected chi connectivity index (χ2v) is 6.89. The maximum absolute atomic E-state index is 12.2. The van der Waals surface area contributed by atoms with E-state index in [-0.39, 0.29) is 17.7 Å². The Balaban J connectivity index is 1.91. The molecule has 3 N–H and O–H groups in total. The quantitative estimate of drug-likeness (QED) is 0.676. The molecule has 1 amide bonds. The molecular weight excluding hydrogens is 298 g/mol. The van der Waals surface area contributed by atoms with E-state index in [0.717, 1.165) is 6.42 Å². The maximum Gasteiger partial charge on any atom is 0.434 e. The van der Waals surface area contributed by atoms with Gasteiger partial charge >= 0.3 is 5.76 Å². The summed E-state index contributed by atoms with van der Waals surface area (Å²) in [6.45, 7) is 4.01. The first-order valence-electron chi connectivity index (χ1n) is 8.48. The highest BCUT2D eigenvalue weighted by Gasteiger charge is 2.28. The molecule has 1 aromatic heterocycles.